The predicted molar refractivity (Wildman–Crippen MR) is 80.2 cm³/mol. The van der Waals surface area contributed by atoms with E-state index in [1.807, 2.05) is 0 Å². The summed E-state index contributed by atoms with van der Waals surface area (Å²) >= 11 is 5.70. The number of ether oxygens (including phenoxy) is 1. The minimum atomic E-state index is -3.90. The van der Waals surface area contributed by atoms with Gasteiger partial charge in [0, 0.05) is 11.1 Å². The zero-order chi connectivity index (χ0) is 17.2. The van der Waals surface area contributed by atoms with Gasteiger partial charge in [-0.05, 0) is 30.3 Å². The van der Waals surface area contributed by atoms with Crippen molar-refractivity contribution in [1.82, 2.24) is 4.72 Å². The Morgan fingerprint density at radius 3 is 2.30 bits per heavy atom. The fourth-order valence-electron chi connectivity index (χ4n) is 1.63. The van der Waals surface area contributed by atoms with Gasteiger partial charge in [-0.3, -0.25) is 4.79 Å². The number of nitrogens with one attached hydrogen (secondary N) is 1. The van der Waals surface area contributed by atoms with E-state index in [4.69, 9.17) is 16.3 Å². The molecule has 0 radical (unpaired) electrons. The maximum absolute atomic E-state index is 13.9. The van der Waals surface area contributed by atoms with Gasteiger partial charge >= 0.3 is 0 Å². The highest BCUT2D eigenvalue weighted by Gasteiger charge is 2.19. The van der Waals surface area contributed by atoms with Gasteiger partial charge in [0.15, 0.2) is 11.6 Å². The van der Waals surface area contributed by atoms with Crippen LogP contribution < -0.4 is 9.46 Å². The van der Waals surface area contributed by atoms with Gasteiger partial charge in [-0.25, -0.2) is 21.9 Å². The zero-order valence-electron chi connectivity index (χ0n) is 11.6. The molecule has 0 saturated carbocycles. The fraction of sp³-hybridized carbons (Fsp3) is 0.0714. The maximum Gasteiger partial charge on any atom is 0.267 e. The zero-order valence-corrected chi connectivity index (χ0v) is 13.2. The number of halogens is 3. The Morgan fingerprint density at radius 1 is 1.13 bits per heavy atom. The SMILES string of the molecule is CS(=O)(=O)NC(=O)c1cc(F)c(Oc2ccc(Cl)cc2)cc1F. The van der Waals surface area contributed by atoms with Crippen molar-refractivity contribution in [3.8, 4) is 11.5 Å². The van der Waals surface area contributed by atoms with E-state index in [-0.39, 0.29) is 5.75 Å². The van der Waals surface area contributed by atoms with Crippen molar-refractivity contribution in [3.63, 3.8) is 0 Å². The van der Waals surface area contributed by atoms with E-state index in [2.05, 4.69) is 0 Å². The van der Waals surface area contributed by atoms with Crippen LogP contribution in [0.3, 0.4) is 0 Å². The number of hydrogen-bond acceptors (Lipinski definition) is 4. The normalized spacial score (nSPS) is 11.1. The van der Waals surface area contributed by atoms with Crippen LogP contribution in [0.1, 0.15) is 10.4 Å². The fourth-order valence-corrected chi connectivity index (χ4v) is 2.21. The van der Waals surface area contributed by atoms with Crippen molar-refractivity contribution >= 4 is 27.5 Å². The van der Waals surface area contributed by atoms with Crippen molar-refractivity contribution in [1.29, 1.82) is 0 Å². The Balaban J connectivity index is 2.30. The van der Waals surface area contributed by atoms with Gasteiger partial charge in [-0.2, -0.15) is 0 Å². The summed E-state index contributed by atoms with van der Waals surface area (Å²) in [7, 11) is -3.90. The molecule has 5 nitrogen and oxygen atoms in total. The highest BCUT2D eigenvalue weighted by Crippen LogP contribution is 2.28. The van der Waals surface area contributed by atoms with E-state index >= 15 is 0 Å². The minimum Gasteiger partial charge on any atom is -0.454 e. The van der Waals surface area contributed by atoms with E-state index in [1.165, 1.54) is 24.3 Å². The molecule has 2 rings (SSSR count). The standard InChI is InChI=1S/C14H10ClF2NO4S/c1-23(20,21)18-14(19)10-6-12(17)13(7-11(10)16)22-9-4-2-8(15)3-5-9/h2-7H,1H3,(H,18,19). The second kappa shape index (κ2) is 6.51. The van der Waals surface area contributed by atoms with Crippen LogP contribution in [-0.4, -0.2) is 20.6 Å². The molecule has 1 N–H and O–H groups in total. The van der Waals surface area contributed by atoms with Gasteiger partial charge in [-0.15, -0.1) is 0 Å². The first kappa shape index (κ1) is 17.2. The Labute approximate surface area is 135 Å². The van der Waals surface area contributed by atoms with Crippen molar-refractivity contribution in [3.05, 3.63) is 58.6 Å². The average Bonchev–Trinajstić information content (AvgIpc) is 2.43. The third-order valence-corrected chi connectivity index (χ3v) is 3.39. The summed E-state index contributed by atoms with van der Waals surface area (Å²) in [6, 6.07) is 7.11. The first-order valence-corrected chi connectivity index (χ1v) is 8.37. The second-order valence-corrected chi connectivity index (χ2v) is 6.71. The van der Waals surface area contributed by atoms with Crippen LogP contribution in [-0.2, 0) is 10.0 Å². The number of rotatable bonds is 4. The molecule has 0 aromatic heterocycles. The lowest BCUT2D eigenvalue weighted by Gasteiger charge is -2.09. The Hall–Kier alpha value is -2.19. The molecule has 2 aromatic rings. The van der Waals surface area contributed by atoms with Crippen LogP contribution in [0.4, 0.5) is 8.78 Å². The lowest BCUT2D eigenvalue weighted by Crippen LogP contribution is -2.30. The number of carbonyl (C=O) groups is 1. The highest BCUT2D eigenvalue weighted by molar-refractivity contribution is 7.89. The second-order valence-electron chi connectivity index (χ2n) is 4.52. The molecule has 0 fully saturated rings. The molecule has 0 heterocycles. The summed E-state index contributed by atoms with van der Waals surface area (Å²) in [4.78, 5) is 11.6. The molecule has 0 aliphatic rings. The Morgan fingerprint density at radius 2 is 1.74 bits per heavy atom. The number of sulfonamides is 1. The van der Waals surface area contributed by atoms with Crippen LogP contribution in [0.5, 0.6) is 11.5 Å². The van der Waals surface area contributed by atoms with E-state index in [9.17, 15) is 22.0 Å². The predicted octanol–water partition coefficient (Wildman–Crippen LogP) is 3.10. The Bertz CT molecular complexity index is 854. The molecular formula is C14H10ClF2NO4S. The van der Waals surface area contributed by atoms with Crippen molar-refractivity contribution in [2.24, 2.45) is 0 Å². The lowest BCUT2D eigenvalue weighted by molar-refractivity contribution is 0.0977. The van der Waals surface area contributed by atoms with Gasteiger partial charge in [0.1, 0.15) is 11.6 Å². The van der Waals surface area contributed by atoms with Crippen molar-refractivity contribution < 1.29 is 26.7 Å². The van der Waals surface area contributed by atoms with E-state index in [1.54, 1.807) is 4.72 Å². The minimum absolute atomic E-state index is 0.209. The first-order chi connectivity index (χ1) is 10.7. The van der Waals surface area contributed by atoms with Gasteiger partial charge in [0.25, 0.3) is 5.91 Å². The van der Waals surface area contributed by atoms with Crippen molar-refractivity contribution in [2.45, 2.75) is 0 Å². The highest BCUT2D eigenvalue weighted by atomic mass is 35.5. The third kappa shape index (κ3) is 4.64. The largest absolute Gasteiger partial charge is 0.454 e. The van der Waals surface area contributed by atoms with Crippen molar-refractivity contribution in [2.75, 3.05) is 6.26 Å². The topological polar surface area (TPSA) is 72.5 Å². The van der Waals surface area contributed by atoms with Gasteiger partial charge in [0.2, 0.25) is 10.0 Å². The molecule has 0 bridgehead atoms. The molecule has 2 aromatic carbocycles. The number of benzene rings is 2. The molecule has 23 heavy (non-hydrogen) atoms. The van der Waals surface area contributed by atoms with Gasteiger partial charge < -0.3 is 4.74 Å². The summed E-state index contributed by atoms with van der Waals surface area (Å²) in [6.45, 7) is 0. The van der Waals surface area contributed by atoms with E-state index < -0.39 is 38.9 Å². The summed E-state index contributed by atoms with van der Waals surface area (Å²) in [5, 5.41) is 0.441. The van der Waals surface area contributed by atoms with E-state index in [0.717, 1.165) is 6.26 Å². The number of hydrogen-bond donors (Lipinski definition) is 1. The quantitative estimate of drug-likeness (QED) is 0.908. The molecule has 0 spiro atoms. The summed E-state index contributed by atoms with van der Waals surface area (Å²) in [5.74, 6) is -3.68. The van der Waals surface area contributed by atoms with E-state index in [0.29, 0.717) is 17.2 Å². The molecule has 0 aliphatic heterocycles. The van der Waals surface area contributed by atoms with Gasteiger partial charge in [-0.1, -0.05) is 11.6 Å². The average molecular weight is 362 g/mol. The third-order valence-electron chi connectivity index (χ3n) is 2.59. The molecule has 9 heteroatoms. The number of carbonyl (C=O) groups excluding carboxylic acids is 1. The van der Waals surface area contributed by atoms with Crippen LogP contribution in [0.15, 0.2) is 36.4 Å². The molecule has 0 saturated heterocycles. The molecule has 122 valence electrons. The summed E-state index contributed by atoms with van der Waals surface area (Å²) in [5.41, 5.74) is -0.753. The maximum atomic E-state index is 13.9. The summed E-state index contributed by atoms with van der Waals surface area (Å²) < 4.78 is 56.5. The Kier molecular flexibility index (Phi) is 4.86. The first-order valence-electron chi connectivity index (χ1n) is 6.10. The molecule has 0 atom stereocenters. The molecule has 0 aliphatic carbocycles. The van der Waals surface area contributed by atoms with Crippen LogP contribution in [0.2, 0.25) is 5.02 Å². The van der Waals surface area contributed by atoms with Crippen LogP contribution in [0, 0.1) is 11.6 Å². The molecule has 1 amide bonds. The number of amides is 1. The van der Waals surface area contributed by atoms with Crippen LogP contribution in [0.25, 0.3) is 0 Å². The summed E-state index contributed by atoms with van der Waals surface area (Å²) in [6.07, 6.45) is 0.719. The van der Waals surface area contributed by atoms with Crippen LogP contribution >= 0.6 is 11.6 Å². The monoisotopic (exact) mass is 361 g/mol. The van der Waals surface area contributed by atoms with Gasteiger partial charge in [0.05, 0.1) is 11.8 Å². The lowest BCUT2D eigenvalue weighted by atomic mass is 10.2. The smallest absolute Gasteiger partial charge is 0.267 e. The molecular weight excluding hydrogens is 352 g/mol. The molecule has 0 unspecified atom stereocenters.